The maximum atomic E-state index is 12.6. The van der Waals surface area contributed by atoms with Gasteiger partial charge in [-0.2, -0.15) is 0 Å². The van der Waals surface area contributed by atoms with Crippen molar-refractivity contribution in [1.82, 2.24) is 10.2 Å². The number of para-hydroxylation sites is 1. The molecule has 6 heteroatoms. The van der Waals surface area contributed by atoms with Gasteiger partial charge >= 0.3 is 5.63 Å². The monoisotopic (exact) mass is 322 g/mol. The summed E-state index contributed by atoms with van der Waals surface area (Å²) >= 11 is 0. The number of carbonyl (C=O) groups excluding carboxylic acids is 1. The maximum Gasteiger partial charge on any atom is 0.349 e. The molecule has 1 fully saturated rings. The van der Waals surface area contributed by atoms with Crippen molar-refractivity contribution in [2.45, 2.75) is 18.9 Å². The fourth-order valence-electron chi connectivity index (χ4n) is 2.76. The summed E-state index contributed by atoms with van der Waals surface area (Å²) in [6, 6.07) is 9.01. The molecule has 1 aromatic carbocycles. The highest BCUT2D eigenvalue weighted by molar-refractivity contribution is 5.96. The van der Waals surface area contributed by atoms with Crippen molar-refractivity contribution in [1.29, 1.82) is 0 Å². The van der Waals surface area contributed by atoms with Crippen LogP contribution in [0, 0.1) is 0 Å². The van der Waals surface area contributed by atoms with E-state index in [2.05, 4.69) is 5.32 Å². The molecule has 1 N–H and O–H groups in total. The van der Waals surface area contributed by atoms with Gasteiger partial charge < -0.3 is 14.6 Å². The normalized spacial score (nSPS) is 15.3. The molecule has 22 heavy (non-hydrogen) atoms. The van der Waals surface area contributed by atoms with E-state index < -0.39 is 5.63 Å². The molecule has 1 amide bonds. The largest absolute Gasteiger partial charge is 0.422 e. The number of benzene rings is 1. The number of hydrogen-bond donors (Lipinski definition) is 1. The minimum atomic E-state index is -0.570. The van der Waals surface area contributed by atoms with E-state index in [1.54, 1.807) is 30.1 Å². The van der Waals surface area contributed by atoms with E-state index in [4.69, 9.17) is 4.42 Å². The minimum Gasteiger partial charge on any atom is -0.422 e. The Balaban J connectivity index is 0.00000176. The van der Waals surface area contributed by atoms with E-state index in [1.165, 1.54) is 0 Å². The van der Waals surface area contributed by atoms with Gasteiger partial charge in [0.25, 0.3) is 5.91 Å². The zero-order valence-corrected chi connectivity index (χ0v) is 13.2. The molecule has 1 saturated heterocycles. The molecule has 2 heterocycles. The van der Waals surface area contributed by atoms with Gasteiger partial charge in [-0.1, -0.05) is 18.2 Å². The number of amides is 1. The van der Waals surface area contributed by atoms with Gasteiger partial charge in [0.05, 0.1) is 0 Å². The quantitative estimate of drug-likeness (QED) is 0.859. The Hall–Kier alpha value is -1.85. The van der Waals surface area contributed by atoms with Gasteiger partial charge in [-0.05, 0) is 38.1 Å². The Morgan fingerprint density at radius 2 is 1.95 bits per heavy atom. The van der Waals surface area contributed by atoms with E-state index >= 15 is 0 Å². The topological polar surface area (TPSA) is 62.6 Å². The third kappa shape index (κ3) is 3.15. The first kappa shape index (κ1) is 16.5. The molecule has 2 aromatic rings. The number of nitrogens with zero attached hydrogens (tertiary/aromatic N) is 1. The van der Waals surface area contributed by atoms with Crippen LogP contribution in [-0.2, 0) is 0 Å². The lowest BCUT2D eigenvalue weighted by Gasteiger charge is -2.31. The van der Waals surface area contributed by atoms with E-state index in [9.17, 15) is 9.59 Å². The van der Waals surface area contributed by atoms with Crippen molar-refractivity contribution in [3.8, 4) is 0 Å². The van der Waals surface area contributed by atoms with Crippen molar-refractivity contribution in [3.63, 3.8) is 0 Å². The smallest absolute Gasteiger partial charge is 0.349 e. The second-order valence-electron chi connectivity index (χ2n) is 5.38. The zero-order valence-electron chi connectivity index (χ0n) is 12.4. The number of fused-ring (bicyclic) bond motifs is 1. The van der Waals surface area contributed by atoms with Gasteiger partial charge in [0.1, 0.15) is 11.1 Å². The van der Waals surface area contributed by atoms with Crippen LogP contribution in [0.1, 0.15) is 23.2 Å². The van der Waals surface area contributed by atoms with Crippen LogP contribution in [0.4, 0.5) is 0 Å². The summed E-state index contributed by atoms with van der Waals surface area (Å²) in [6.07, 6.45) is 1.81. The number of hydrogen-bond acceptors (Lipinski definition) is 4. The summed E-state index contributed by atoms with van der Waals surface area (Å²) in [5.74, 6) is -0.263. The van der Waals surface area contributed by atoms with Gasteiger partial charge in [0, 0.05) is 18.5 Å². The molecule has 0 spiro atoms. The number of nitrogens with one attached hydrogen (secondary N) is 1. The Morgan fingerprint density at radius 3 is 2.68 bits per heavy atom. The molecule has 0 unspecified atom stereocenters. The van der Waals surface area contributed by atoms with E-state index in [0.29, 0.717) is 5.58 Å². The van der Waals surface area contributed by atoms with Crippen LogP contribution in [0.25, 0.3) is 11.0 Å². The van der Waals surface area contributed by atoms with Crippen LogP contribution in [0.3, 0.4) is 0 Å². The molecule has 5 nitrogen and oxygen atoms in total. The first-order valence-corrected chi connectivity index (χ1v) is 7.17. The number of rotatable bonds is 2. The van der Waals surface area contributed by atoms with Crippen molar-refractivity contribution in [2.24, 2.45) is 0 Å². The van der Waals surface area contributed by atoms with Crippen LogP contribution in [0.5, 0.6) is 0 Å². The molecule has 3 rings (SSSR count). The highest BCUT2D eigenvalue weighted by atomic mass is 35.5. The number of halogens is 1. The summed E-state index contributed by atoms with van der Waals surface area (Å²) in [4.78, 5) is 26.3. The Kier molecular flexibility index (Phi) is 5.21. The predicted molar refractivity (Wildman–Crippen MR) is 87.7 cm³/mol. The third-order valence-corrected chi connectivity index (χ3v) is 4.05. The summed E-state index contributed by atoms with van der Waals surface area (Å²) < 4.78 is 5.24. The molecule has 1 aromatic heterocycles. The third-order valence-electron chi connectivity index (χ3n) is 4.05. The first-order chi connectivity index (χ1) is 10.2. The van der Waals surface area contributed by atoms with Crippen LogP contribution in [-0.4, -0.2) is 37.0 Å². The average Bonchev–Trinajstić information content (AvgIpc) is 2.53. The summed E-state index contributed by atoms with van der Waals surface area (Å²) in [5.41, 5.74) is 0.0396. The van der Waals surface area contributed by atoms with Gasteiger partial charge in [0.15, 0.2) is 0 Å². The lowest BCUT2D eigenvalue weighted by atomic mass is 10.0. The van der Waals surface area contributed by atoms with E-state index in [0.717, 1.165) is 31.3 Å². The zero-order chi connectivity index (χ0) is 14.8. The average molecular weight is 323 g/mol. The molecule has 118 valence electrons. The molecule has 0 bridgehead atoms. The fraction of sp³-hybridized carbons (Fsp3) is 0.375. The minimum absolute atomic E-state index is 0. The van der Waals surface area contributed by atoms with E-state index in [1.807, 2.05) is 12.1 Å². The highest BCUT2D eigenvalue weighted by Crippen LogP contribution is 2.16. The fourth-order valence-corrected chi connectivity index (χ4v) is 2.76. The molecule has 1 aliphatic rings. The van der Waals surface area contributed by atoms with Crippen LogP contribution in [0.15, 0.2) is 39.5 Å². The Morgan fingerprint density at radius 1 is 1.27 bits per heavy atom. The van der Waals surface area contributed by atoms with Crippen LogP contribution in [0.2, 0.25) is 0 Å². The van der Waals surface area contributed by atoms with Gasteiger partial charge in [-0.15, -0.1) is 12.4 Å². The summed E-state index contributed by atoms with van der Waals surface area (Å²) in [6.45, 7) is 1.79. The summed E-state index contributed by atoms with van der Waals surface area (Å²) in [7, 11) is 1.76. The second kappa shape index (κ2) is 6.94. The number of piperidine rings is 1. The lowest BCUT2D eigenvalue weighted by Crippen LogP contribution is -2.44. The molecule has 0 saturated carbocycles. The van der Waals surface area contributed by atoms with Gasteiger partial charge in [-0.3, -0.25) is 4.79 Å². The van der Waals surface area contributed by atoms with Crippen molar-refractivity contribution in [2.75, 3.05) is 20.1 Å². The molecule has 0 radical (unpaired) electrons. The lowest BCUT2D eigenvalue weighted by molar-refractivity contribution is 0.0699. The SMILES string of the molecule is CN(C(=O)c1cc2ccccc2oc1=O)C1CCNCC1.Cl. The molecule has 0 aliphatic carbocycles. The summed E-state index contributed by atoms with van der Waals surface area (Å²) in [5, 5.41) is 4.03. The Bertz CT molecular complexity index is 723. The molecule has 0 atom stereocenters. The second-order valence-corrected chi connectivity index (χ2v) is 5.38. The predicted octanol–water partition coefficient (Wildman–Crippen LogP) is 2.04. The van der Waals surface area contributed by atoms with Crippen molar-refractivity contribution in [3.05, 3.63) is 46.3 Å². The van der Waals surface area contributed by atoms with Gasteiger partial charge in [0.2, 0.25) is 0 Å². The molecular weight excluding hydrogens is 304 g/mol. The highest BCUT2D eigenvalue weighted by Gasteiger charge is 2.25. The maximum absolute atomic E-state index is 12.6. The standard InChI is InChI=1S/C16H18N2O3.ClH/c1-18(12-6-8-17-9-7-12)15(19)13-10-11-4-2-3-5-14(11)21-16(13)20;/h2-5,10,12,17H,6-9H2,1H3;1H. The number of carbonyl (C=O) groups is 1. The van der Waals surface area contributed by atoms with E-state index in [-0.39, 0.29) is 29.9 Å². The van der Waals surface area contributed by atoms with Gasteiger partial charge in [-0.25, -0.2) is 4.79 Å². The van der Waals surface area contributed by atoms with Crippen LogP contribution < -0.4 is 10.9 Å². The van der Waals surface area contributed by atoms with Crippen molar-refractivity contribution < 1.29 is 9.21 Å². The Labute approximate surface area is 134 Å². The first-order valence-electron chi connectivity index (χ1n) is 7.17. The molecule has 1 aliphatic heterocycles. The van der Waals surface area contributed by atoms with Crippen LogP contribution >= 0.6 is 12.4 Å². The van der Waals surface area contributed by atoms with Crippen molar-refractivity contribution >= 4 is 29.3 Å². The molecular formula is C16H19ClN2O3.